The molecule has 3 aromatic heterocycles. The van der Waals surface area contributed by atoms with Crippen LogP contribution in [0.15, 0.2) is 59.0 Å². The molecule has 1 aliphatic carbocycles. The molecular weight excluding hydrogens is 390 g/mol. The topological polar surface area (TPSA) is 88.2 Å². The molecule has 1 aliphatic heterocycles. The first-order valence-corrected chi connectivity index (χ1v) is 11.0. The molecule has 9 heteroatoms. The van der Waals surface area contributed by atoms with Gasteiger partial charge in [0.15, 0.2) is 0 Å². The summed E-state index contributed by atoms with van der Waals surface area (Å²) in [6.45, 7) is 0.388. The fraction of sp³-hybridized carbons (Fsp3) is 0.316. The van der Waals surface area contributed by atoms with Gasteiger partial charge in [-0.1, -0.05) is 22.7 Å². The van der Waals surface area contributed by atoms with Crippen LogP contribution < -0.4 is 4.48 Å². The Morgan fingerprint density at radius 1 is 1.07 bits per heavy atom. The number of quaternary nitrogens is 1. The Morgan fingerprint density at radius 3 is 2.36 bits per heavy atom. The van der Waals surface area contributed by atoms with Crippen molar-refractivity contribution >= 4 is 32.9 Å². The predicted octanol–water partition coefficient (Wildman–Crippen LogP) is 4.77. The number of hydrogen-bond acceptors (Lipinski definition) is 7. The van der Waals surface area contributed by atoms with Crippen molar-refractivity contribution in [2.24, 2.45) is 0 Å². The first-order chi connectivity index (χ1) is 13.8. The van der Waals surface area contributed by atoms with E-state index in [-0.39, 0.29) is 5.41 Å². The summed E-state index contributed by atoms with van der Waals surface area (Å²) >= 11 is 3.05. The first-order valence-electron chi connectivity index (χ1n) is 9.23. The Labute approximate surface area is 170 Å². The Balaban J connectivity index is 1.72. The van der Waals surface area contributed by atoms with E-state index in [1.165, 1.54) is 33.9 Å². The van der Waals surface area contributed by atoms with Crippen molar-refractivity contribution in [3.63, 3.8) is 0 Å². The summed E-state index contributed by atoms with van der Waals surface area (Å²) in [7, 11) is 0. The van der Waals surface area contributed by atoms with Crippen LogP contribution in [0.2, 0.25) is 0 Å². The number of nitrogens with zero attached hydrogens (tertiary/aromatic N) is 6. The van der Waals surface area contributed by atoms with E-state index in [0.717, 1.165) is 41.6 Å². The van der Waals surface area contributed by atoms with Gasteiger partial charge < -0.3 is 5.73 Å². The second-order valence-corrected chi connectivity index (χ2v) is 8.62. The normalized spacial score (nSPS) is 19.3. The average molecular weight is 410 g/mol. The molecule has 28 heavy (non-hydrogen) atoms. The van der Waals surface area contributed by atoms with Crippen LogP contribution in [0.3, 0.4) is 0 Å². The number of allylic oxidation sites excluding steroid dienone is 3. The summed E-state index contributed by atoms with van der Waals surface area (Å²) in [5.41, 5.74) is 14.8. The van der Waals surface area contributed by atoms with Gasteiger partial charge in [-0.2, -0.15) is 6.54 Å². The SMILES string of the molecule is [NH-]CCCC1=C(C2(c3ccccn3)CC2)C=C[N+]1(c1nncs1)c1nncs1. The van der Waals surface area contributed by atoms with Gasteiger partial charge in [0, 0.05) is 29.7 Å². The zero-order valence-corrected chi connectivity index (χ0v) is 16.8. The number of aromatic nitrogens is 5. The summed E-state index contributed by atoms with van der Waals surface area (Å²) in [5, 5.41) is 18.8. The van der Waals surface area contributed by atoms with Gasteiger partial charge in [0.25, 0.3) is 0 Å². The minimum Gasteiger partial charge on any atom is -0.677 e. The molecule has 1 N–H and O–H groups in total. The quantitative estimate of drug-likeness (QED) is 0.525. The van der Waals surface area contributed by atoms with Crippen molar-refractivity contribution < 1.29 is 0 Å². The molecule has 0 radical (unpaired) electrons. The largest absolute Gasteiger partial charge is 0.677 e. The van der Waals surface area contributed by atoms with Crippen LogP contribution in [0, 0.1) is 0 Å². The van der Waals surface area contributed by atoms with Crippen LogP contribution in [0.5, 0.6) is 0 Å². The van der Waals surface area contributed by atoms with Crippen LogP contribution in [0.4, 0.5) is 10.3 Å². The number of hydrogen-bond donors (Lipinski definition) is 0. The van der Waals surface area contributed by atoms with Gasteiger partial charge in [-0.15, -0.1) is 14.7 Å². The van der Waals surface area contributed by atoms with E-state index in [1.807, 2.05) is 12.3 Å². The second kappa shape index (κ2) is 6.93. The number of rotatable bonds is 7. The molecule has 2 aliphatic rings. The van der Waals surface area contributed by atoms with E-state index in [0.29, 0.717) is 11.0 Å². The van der Waals surface area contributed by atoms with Gasteiger partial charge in [-0.05, 0) is 47.6 Å². The van der Waals surface area contributed by atoms with Gasteiger partial charge in [-0.25, -0.2) is 0 Å². The molecule has 4 heterocycles. The number of pyridine rings is 1. The molecule has 0 spiro atoms. The second-order valence-electron chi connectivity index (χ2n) is 6.99. The first kappa shape index (κ1) is 17.7. The smallest absolute Gasteiger partial charge is 0.323 e. The Kier molecular flexibility index (Phi) is 4.39. The summed E-state index contributed by atoms with van der Waals surface area (Å²) < 4.78 is 0.346. The summed E-state index contributed by atoms with van der Waals surface area (Å²) in [6, 6.07) is 6.14. The maximum Gasteiger partial charge on any atom is 0.323 e. The minimum absolute atomic E-state index is 0.0511. The van der Waals surface area contributed by atoms with Crippen LogP contribution >= 0.6 is 22.7 Å². The van der Waals surface area contributed by atoms with E-state index >= 15 is 0 Å². The van der Waals surface area contributed by atoms with E-state index < -0.39 is 0 Å². The van der Waals surface area contributed by atoms with Gasteiger partial charge >= 0.3 is 10.3 Å². The van der Waals surface area contributed by atoms with Crippen molar-refractivity contribution in [2.75, 3.05) is 6.54 Å². The molecule has 1 fully saturated rings. The average Bonchev–Trinajstić information content (AvgIpc) is 3.18. The van der Waals surface area contributed by atoms with Crippen molar-refractivity contribution in [1.29, 1.82) is 0 Å². The van der Waals surface area contributed by atoms with Crippen LogP contribution in [-0.4, -0.2) is 31.9 Å². The van der Waals surface area contributed by atoms with Gasteiger partial charge in [0.2, 0.25) is 0 Å². The Bertz CT molecular complexity index is 972. The lowest BCUT2D eigenvalue weighted by Crippen LogP contribution is -2.36. The molecular formula is C19H19N7S2. The fourth-order valence-electron chi connectivity index (χ4n) is 4.08. The van der Waals surface area contributed by atoms with E-state index in [2.05, 4.69) is 49.8 Å². The van der Waals surface area contributed by atoms with Gasteiger partial charge in [0.1, 0.15) is 22.9 Å². The monoisotopic (exact) mass is 409 g/mol. The zero-order valence-electron chi connectivity index (χ0n) is 15.2. The Hall–Kier alpha value is -2.33. The molecule has 1 saturated carbocycles. The molecule has 0 saturated heterocycles. The molecule has 142 valence electrons. The van der Waals surface area contributed by atoms with Crippen LogP contribution in [-0.2, 0) is 5.41 Å². The third kappa shape index (κ3) is 2.58. The maximum atomic E-state index is 7.73. The molecule has 3 aromatic rings. The third-order valence-corrected chi connectivity index (χ3v) is 7.07. The zero-order chi connectivity index (χ0) is 19.0. The van der Waals surface area contributed by atoms with Crippen LogP contribution in [0.1, 0.15) is 31.4 Å². The van der Waals surface area contributed by atoms with Crippen molar-refractivity contribution in [3.05, 3.63) is 70.4 Å². The predicted molar refractivity (Wildman–Crippen MR) is 111 cm³/mol. The fourth-order valence-corrected chi connectivity index (χ4v) is 5.55. The molecule has 0 unspecified atom stereocenters. The highest BCUT2D eigenvalue weighted by atomic mass is 32.1. The Morgan fingerprint density at radius 2 is 1.82 bits per heavy atom. The summed E-state index contributed by atoms with van der Waals surface area (Å²) in [4.78, 5) is 4.68. The highest BCUT2D eigenvalue weighted by Crippen LogP contribution is 2.59. The molecule has 7 nitrogen and oxygen atoms in total. The van der Waals surface area contributed by atoms with E-state index in [1.54, 1.807) is 11.0 Å². The molecule has 0 atom stereocenters. The van der Waals surface area contributed by atoms with Crippen LogP contribution in [0.25, 0.3) is 5.73 Å². The minimum atomic E-state index is -0.0511. The molecule has 5 rings (SSSR count). The lowest BCUT2D eigenvalue weighted by atomic mass is 9.89. The lowest BCUT2D eigenvalue weighted by Gasteiger charge is -2.28. The lowest BCUT2D eigenvalue weighted by molar-refractivity contribution is 0.559. The highest BCUT2D eigenvalue weighted by molar-refractivity contribution is 7.15. The van der Waals surface area contributed by atoms with Crippen molar-refractivity contribution in [2.45, 2.75) is 31.1 Å². The summed E-state index contributed by atoms with van der Waals surface area (Å²) in [6.07, 6.45) is 10.0. The summed E-state index contributed by atoms with van der Waals surface area (Å²) in [5.74, 6) is 0. The van der Waals surface area contributed by atoms with E-state index in [9.17, 15) is 0 Å². The highest BCUT2D eigenvalue weighted by Gasteiger charge is 2.56. The van der Waals surface area contributed by atoms with Gasteiger partial charge in [-0.3, -0.25) is 4.98 Å². The standard InChI is InChI=1S/C19H19N7S2/c20-9-3-4-15-14(19(7-8-19)16-5-1-2-10-21-16)6-11-26(15,17-24-22-12-27-17)18-25-23-13-28-18/h1-2,5-6,10-13,20H,3-4,7-9H2. The van der Waals surface area contributed by atoms with Crippen molar-refractivity contribution in [1.82, 2.24) is 29.9 Å². The molecule has 0 amide bonds. The maximum absolute atomic E-state index is 7.73. The molecule has 0 bridgehead atoms. The van der Waals surface area contributed by atoms with E-state index in [4.69, 9.17) is 5.73 Å². The third-order valence-electron chi connectivity index (χ3n) is 5.51. The molecule has 0 aromatic carbocycles. The number of nitrogens with one attached hydrogen (secondary N) is 1. The van der Waals surface area contributed by atoms with Gasteiger partial charge in [0.05, 0.1) is 5.69 Å². The van der Waals surface area contributed by atoms with Crippen molar-refractivity contribution in [3.8, 4) is 0 Å².